The lowest BCUT2D eigenvalue weighted by molar-refractivity contribution is 0.109. The van der Waals surface area contributed by atoms with Crippen LogP contribution >= 0.6 is 11.3 Å². The van der Waals surface area contributed by atoms with Crippen LogP contribution < -0.4 is 4.90 Å². The van der Waals surface area contributed by atoms with Gasteiger partial charge >= 0.3 is 0 Å². The van der Waals surface area contributed by atoms with Crippen LogP contribution in [-0.4, -0.2) is 50.5 Å². The summed E-state index contributed by atoms with van der Waals surface area (Å²) in [5, 5.41) is 11.7. The SMILES string of the molecule is CC(C)c1nc(N2CCN(S(=O)(=O)c3cccs3)CC2)c(C#N)c2c1COCC2. The normalized spacial score (nSPS) is 17.9. The number of pyridine rings is 1. The Bertz CT molecular complexity index is 1030. The highest BCUT2D eigenvalue weighted by atomic mass is 32.2. The van der Waals surface area contributed by atoms with Crippen molar-refractivity contribution in [2.75, 3.05) is 37.7 Å². The van der Waals surface area contributed by atoms with E-state index in [2.05, 4.69) is 24.8 Å². The molecule has 1 saturated heterocycles. The number of nitrogens with zero attached hydrogens (tertiary/aromatic N) is 4. The van der Waals surface area contributed by atoms with E-state index in [0.717, 1.165) is 16.8 Å². The molecule has 9 heteroatoms. The van der Waals surface area contributed by atoms with Gasteiger partial charge in [-0.05, 0) is 29.3 Å². The molecule has 0 aliphatic carbocycles. The number of piperazine rings is 1. The molecule has 2 aliphatic rings. The molecule has 0 N–H and O–H groups in total. The van der Waals surface area contributed by atoms with Crippen molar-refractivity contribution in [2.45, 2.75) is 37.0 Å². The molecule has 0 bridgehead atoms. The topological polar surface area (TPSA) is 86.5 Å². The summed E-state index contributed by atoms with van der Waals surface area (Å²) >= 11 is 1.24. The van der Waals surface area contributed by atoms with Gasteiger partial charge in [0, 0.05) is 31.7 Å². The second-order valence-electron chi connectivity index (χ2n) is 7.55. The fourth-order valence-electron chi connectivity index (χ4n) is 3.96. The molecule has 1 fully saturated rings. The molecule has 0 saturated carbocycles. The standard InChI is InChI=1S/C20H24N4O3S2/c1-14(2)19-17-13-27-10-5-15(17)16(12-21)20(22-19)23-6-8-24(9-7-23)29(25,26)18-4-3-11-28-18/h3-4,11,14H,5-10,13H2,1-2H3. The molecule has 7 nitrogen and oxygen atoms in total. The summed E-state index contributed by atoms with van der Waals surface area (Å²) in [6, 6.07) is 5.75. The van der Waals surface area contributed by atoms with E-state index >= 15 is 0 Å². The van der Waals surface area contributed by atoms with Crippen LogP contribution in [0, 0.1) is 11.3 Å². The van der Waals surface area contributed by atoms with E-state index in [4.69, 9.17) is 9.72 Å². The lowest BCUT2D eigenvalue weighted by Gasteiger charge is -2.36. The molecule has 2 aliphatic heterocycles. The first-order valence-electron chi connectivity index (χ1n) is 9.75. The molecular formula is C20H24N4O3S2. The number of thiophene rings is 1. The summed E-state index contributed by atoms with van der Waals surface area (Å²) in [6.07, 6.45) is 0.709. The van der Waals surface area contributed by atoms with E-state index in [-0.39, 0.29) is 5.92 Å². The van der Waals surface area contributed by atoms with Gasteiger partial charge < -0.3 is 9.64 Å². The van der Waals surface area contributed by atoms with E-state index in [1.165, 1.54) is 15.6 Å². The van der Waals surface area contributed by atoms with Gasteiger partial charge in [0.15, 0.2) is 0 Å². The smallest absolute Gasteiger partial charge is 0.252 e. The summed E-state index contributed by atoms with van der Waals surface area (Å²) in [6.45, 7) is 7.08. The molecule has 0 atom stereocenters. The van der Waals surface area contributed by atoms with Crippen LogP contribution in [-0.2, 0) is 27.8 Å². The quantitative estimate of drug-likeness (QED) is 0.738. The minimum Gasteiger partial charge on any atom is -0.376 e. The lowest BCUT2D eigenvalue weighted by Crippen LogP contribution is -2.49. The van der Waals surface area contributed by atoms with E-state index in [1.54, 1.807) is 17.5 Å². The van der Waals surface area contributed by atoms with Gasteiger partial charge in [0.05, 0.1) is 24.5 Å². The van der Waals surface area contributed by atoms with E-state index in [1.807, 2.05) is 0 Å². The minimum atomic E-state index is -3.45. The second-order valence-corrected chi connectivity index (χ2v) is 10.7. The Morgan fingerprint density at radius 3 is 2.62 bits per heavy atom. The summed E-state index contributed by atoms with van der Waals surface area (Å²) in [5.41, 5.74) is 3.68. The Balaban J connectivity index is 1.63. The largest absolute Gasteiger partial charge is 0.376 e. The number of rotatable bonds is 4. The van der Waals surface area contributed by atoms with E-state index in [9.17, 15) is 13.7 Å². The van der Waals surface area contributed by atoms with Gasteiger partial charge in [-0.2, -0.15) is 9.57 Å². The fraction of sp³-hybridized carbons (Fsp3) is 0.500. The maximum atomic E-state index is 12.8. The number of hydrogen-bond acceptors (Lipinski definition) is 7. The van der Waals surface area contributed by atoms with Crippen LogP contribution in [0.15, 0.2) is 21.7 Å². The highest BCUT2D eigenvalue weighted by Crippen LogP contribution is 2.34. The van der Waals surface area contributed by atoms with Crippen LogP contribution in [0.4, 0.5) is 5.82 Å². The number of ether oxygens (including phenoxy) is 1. The van der Waals surface area contributed by atoms with Crippen molar-refractivity contribution in [1.82, 2.24) is 9.29 Å². The van der Waals surface area contributed by atoms with E-state index < -0.39 is 10.0 Å². The summed E-state index contributed by atoms with van der Waals surface area (Å²) < 4.78 is 33.1. The Morgan fingerprint density at radius 2 is 2.00 bits per heavy atom. The number of nitriles is 1. The molecule has 154 valence electrons. The average molecular weight is 433 g/mol. The van der Waals surface area contributed by atoms with Gasteiger partial charge in [-0.1, -0.05) is 19.9 Å². The first-order chi connectivity index (χ1) is 13.9. The molecule has 2 aromatic heterocycles. The zero-order chi connectivity index (χ0) is 20.6. The first-order valence-corrected chi connectivity index (χ1v) is 12.1. The molecule has 4 heterocycles. The molecular weight excluding hydrogens is 408 g/mol. The second kappa shape index (κ2) is 8.03. The van der Waals surface area contributed by atoms with Crippen molar-refractivity contribution in [3.63, 3.8) is 0 Å². The molecule has 2 aromatic rings. The predicted octanol–water partition coefficient (Wildman–Crippen LogP) is 2.72. The molecule has 0 radical (unpaired) electrons. The Hall–Kier alpha value is -1.99. The van der Waals surface area contributed by atoms with Crippen molar-refractivity contribution < 1.29 is 13.2 Å². The number of fused-ring (bicyclic) bond motifs is 1. The van der Waals surface area contributed by atoms with E-state index in [0.29, 0.717) is 61.4 Å². The van der Waals surface area contributed by atoms with Crippen LogP contribution in [0.5, 0.6) is 0 Å². The summed E-state index contributed by atoms with van der Waals surface area (Å²) in [7, 11) is -3.45. The molecule has 0 amide bonds. The highest BCUT2D eigenvalue weighted by molar-refractivity contribution is 7.91. The molecule has 4 rings (SSSR count). The first kappa shape index (κ1) is 20.3. The molecule has 0 unspecified atom stereocenters. The summed E-state index contributed by atoms with van der Waals surface area (Å²) in [5.74, 6) is 0.905. The molecule has 0 aromatic carbocycles. The zero-order valence-corrected chi connectivity index (χ0v) is 18.2. The van der Waals surface area contributed by atoms with Crippen molar-refractivity contribution in [3.8, 4) is 6.07 Å². The third-order valence-corrected chi connectivity index (χ3v) is 8.73. The van der Waals surface area contributed by atoms with Crippen LogP contribution in [0.1, 0.15) is 42.1 Å². The summed E-state index contributed by atoms with van der Waals surface area (Å²) in [4.78, 5) is 6.93. The third kappa shape index (κ3) is 3.66. The number of anilines is 1. The van der Waals surface area contributed by atoms with Crippen molar-refractivity contribution in [3.05, 3.63) is 39.9 Å². The Labute approximate surface area is 175 Å². The fourth-order valence-corrected chi connectivity index (χ4v) is 6.53. The maximum absolute atomic E-state index is 12.8. The van der Waals surface area contributed by atoms with Crippen LogP contribution in [0.3, 0.4) is 0 Å². The Kier molecular flexibility index (Phi) is 5.62. The van der Waals surface area contributed by atoms with Gasteiger partial charge in [0.1, 0.15) is 16.1 Å². The van der Waals surface area contributed by atoms with Crippen LogP contribution in [0.2, 0.25) is 0 Å². The maximum Gasteiger partial charge on any atom is 0.252 e. The molecule has 0 spiro atoms. The minimum absolute atomic E-state index is 0.220. The predicted molar refractivity (Wildman–Crippen MR) is 112 cm³/mol. The highest BCUT2D eigenvalue weighted by Gasteiger charge is 2.32. The number of aromatic nitrogens is 1. The van der Waals surface area contributed by atoms with Gasteiger partial charge in [-0.3, -0.25) is 0 Å². The lowest BCUT2D eigenvalue weighted by atomic mass is 9.92. The van der Waals surface area contributed by atoms with Gasteiger partial charge in [-0.15, -0.1) is 11.3 Å². The van der Waals surface area contributed by atoms with Crippen LogP contribution in [0.25, 0.3) is 0 Å². The van der Waals surface area contributed by atoms with Crippen molar-refractivity contribution in [1.29, 1.82) is 5.26 Å². The number of hydrogen-bond donors (Lipinski definition) is 0. The molecule has 29 heavy (non-hydrogen) atoms. The van der Waals surface area contributed by atoms with Crippen molar-refractivity contribution in [2.24, 2.45) is 0 Å². The van der Waals surface area contributed by atoms with Crippen molar-refractivity contribution >= 4 is 27.2 Å². The zero-order valence-electron chi connectivity index (χ0n) is 16.6. The van der Waals surface area contributed by atoms with Gasteiger partial charge in [-0.25, -0.2) is 13.4 Å². The van der Waals surface area contributed by atoms with Gasteiger partial charge in [0.25, 0.3) is 10.0 Å². The monoisotopic (exact) mass is 432 g/mol. The number of sulfonamides is 1. The van der Waals surface area contributed by atoms with Gasteiger partial charge in [0.2, 0.25) is 0 Å². The average Bonchev–Trinajstić information content (AvgIpc) is 3.28. The Morgan fingerprint density at radius 1 is 1.24 bits per heavy atom. The third-order valence-electron chi connectivity index (χ3n) is 5.45.